The fraction of sp³-hybridized carbons (Fsp3) is 0.833. The smallest absolute Gasteiger partial charge is 0.307 e. The standard InChI is InChI=1S/C12H22N2O3/c1-4-8(2)14-6-10(12(16)17)5-11(7-14)13-9(3)15/h8,10-11H,4-7H2,1-3H3,(H,13,15)(H,16,17). The van der Waals surface area contributed by atoms with Crippen molar-refractivity contribution in [1.29, 1.82) is 0 Å². The van der Waals surface area contributed by atoms with Gasteiger partial charge in [-0.2, -0.15) is 0 Å². The zero-order valence-corrected chi connectivity index (χ0v) is 10.8. The Hall–Kier alpha value is -1.10. The van der Waals surface area contributed by atoms with Gasteiger partial charge in [-0.3, -0.25) is 14.5 Å². The van der Waals surface area contributed by atoms with Gasteiger partial charge in [0.25, 0.3) is 0 Å². The summed E-state index contributed by atoms with van der Waals surface area (Å²) in [6, 6.07) is 0.310. The molecule has 98 valence electrons. The summed E-state index contributed by atoms with van der Waals surface area (Å²) in [5.41, 5.74) is 0. The molecule has 0 aromatic carbocycles. The number of carbonyl (C=O) groups excluding carboxylic acids is 1. The third-order valence-electron chi connectivity index (χ3n) is 3.45. The molecule has 0 aliphatic carbocycles. The van der Waals surface area contributed by atoms with Gasteiger partial charge in [0.1, 0.15) is 0 Å². The van der Waals surface area contributed by atoms with E-state index in [4.69, 9.17) is 5.11 Å². The van der Waals surface area contributed by atoms with Crippen LogP contribution in [0.2, 0.25) is 0 Å². The van der Waals surface area contributed by atoms with Crippen molar-refractivity contribution in [3.8, 4) is 0 Å². The number of likely N-dealkylation sites (tertiary alicyclic amines) is 1. The van der Waals surface area contributed by atoms with E-state index in [-0.39, 0.29) is 17.9 Å². The maximum atomic E-state index is 11.1. The first-order valence-corrected chi connectivity index (χ1v) is 6.18. The highest BCUT2D eigenvalue weighted by Gasteiger charge is 2.33. The van der Waals surface area contributed by atoms with Crippen LogP contribution in [0.15, 0.2) is 0 Å². The Morgan fingerprint density at radius 1 is 1.47 bits per heavy atom. The lowest BCUT2D eigenvalue weighted by molar-refractivity contribution is -0.144. The van der Waals surface area contributed by atoms with Crippen LogP contribution in [-0.2, 0) is 9.59 Å². The minimum Gasteiger partial charge on any atom is -0.481 e. The van der Waals surface area contributed by atoms with Gasteiger partial charge in [0.15, 0.2) is 0 Å². The predicted molar refractivity (Wildman–Crippen MR) is 64.7 cm³/mol. The lowest BCUT2D eigenvalue weighted by Crippen LogP contribution is -2.54. The van der Waals surface area contributed by atoms with Crippen molar-refractivity contribution in [2.24, 2.45) is 5.92 Å². The third-order valence-corrected chi connectivity index (χ3v) is 3.45. The molecule has 5 nitrogen and oxygen atoms in total. The van der Waals surface area contributed by atoms with Crippen LogP contribution in [0.4, 0.5) is 0 Å². The van der Waals surface area contributed by atoms with Gasteiger partial charge >= 0.3 is 5.97 Å². The predicted octanol–water partition coefficient (Wildman–Crippen LogP) is 0.696. The van der Waals surface area contributed by atoms with Gasteiger partial charge in [0, 0.05) is 32.1 Å². The largest absolute Gasteiger partial charge is 0.481 e. The van der Waals surface area contributed by atoms with Crippen molar-refractivity contribution in [3.05, 3.63) is 0 Å². The summed E-state index contributed by atoms with van der Waals surface area (Å²) in [6.07, 6.45) is 1.51. The van der Waals surface area contributed by atoms with Crippen LogP contribution >= 0.6 is 0 Å². The van der Waals surface area contributed by atoms with Gasteiger partial charge in [0.05, 0.1) is 5.92 Å². The van der Waals surface area contributed by atoms with Gasteiger partial charge in [-0.05, 0) is 19.8 Å². The Bertz CT molecular complexity index is 293. The van der Waals surface area contributed by atoms with Gasteiger partial charge in [-0.1, -0.05) is 6.92 Å². The molecule has 0 radical (unpaired) electrons. The van der Waals surface area contributed by atoms with E-state index in [1.165, 1.54) is 6.92 Å². The zero-order valence-electron chi connectivity index (χ0n) is 10.8. The average molecular weight is 242 g/mol. The maximum Gasteiger partial charge on any atom is 0.307 e. The van der Waals surface area contributed by atoms with E-state index < -0.39 is 5.97 Å². The Kier molecular flexibility index (Phi) is 4.93. The SMILES string of the molecule is CCC(C)N1CC(NC(C)=O)CC(C(=O)O)C1. The topological polar surface area (TPSA) is 69.6 Å². The van der Waals surface area contributed by atoms with E-state index >= 15 is 0 Å². The van der Waals surface area contributed by atoms with Gasteiger partial charge in [-0.15, -0.1) is 0 Å². The summed E-state index contributed by atoms with van der Waals surface area (Å²) in [6.45, 7) is 6.98. The highest BCUT2D eigenvalue weighted by atomic mass is 16.4. The molecule has 2 N–H and O–H groups in total. The first kappa shape index (κ1) is 14.0. The summed E-state index contributed by atoms with van der Waals surface area (Å²) in [5.74, 6) is -1.24. The Morgan fingerprint density at radius 3 is 2.59 bits per heavy atom. The molecule has 0 saturated carbocycles. The molecule has 1 amide bonds. The lowest BCUT2D eigenvalue weighted by Gasteiger charge is -2.39. The molecule has 0 bridgehead atoms. The molecular formula is C12H22N2O3. The van der Waals surface area contributed by atoms with E-state index in [0.29, 0.717) is 19.0 Å². The fourth-order valence-electron chi connectivity index (χ4n) is 2.32. The Morgan fingerprint density at radius 2 is 2.12 bits per heavy atom. The first-order valence-electron chi connectivity index (χ1n) is 6.18. The van der Waals surface area contributed by atoms with E-state index in [0.717, 1.165) is 13.0 Å². The van der Waals surface area contributed by atoms with Crippen molar-refractivity contribution in [2.45, 2.75) is 45.7 Å². The fourth-order valence-corrected chi connectivity index (χ4v) is 2.32. The summed E-state index contributed by atoms with van der Waals surface area (Å²) in [5, 5.41) is 12.0. The summed E-state index contributed by atoms with van der Waals surface area (Å²) in [7, 11) is 0. The van der Waals surface area contributed by atoms with Gasteiger partial charge < -0.3 is 10.4 Å². The molecule has 1 aliphatic heterocycles. The normalized spacial score (nSPS) is 27.5. The molecule has 1 aliphatic rings. The van der Waals surface area contributed by atoms with Crippen LogP contribution in [0.5, 0.6) is 0 Å². The second-order valence-electron chi connectivity index (χ2n) is 4.88. The average Bonchev–Trinajstić information content (AvgIpc) is 2.26. The number of carbonyl (C=O) groups is 2. The summed E-state index contributed by atoms with van der Waals surface area (Å²) >= 11 is 0. The van der Waals surface area contributed by atoms with E-state index in [2.05, 4.69) is 24.1 Å². The van der Waals surface area contributed by atoms with Crippen molar-refractivity contribution >= 4 is 11.9 Å². The highest BCUT2D eigenvalue weighted by Crippen LogP contribution is 2.20. The van der Waals surface area contributed by atoms with E-state index in [9.17, 15) is 9.59 Å². The number of hydrogen-bond acceptors (Lipinski definition) is 3. The monoisotopic (exact) mass is 242 g/mol. The molecule has 0 aromatic rings. The highest BCUT2D eigenvalue weighted by molar-refractivity contribution is 5.74. The third kappa shape index (κ3) is 4.00. The number of piperidine rings is 1. The molecule has 0 spiro atoms. The van der Waals surface area contributed by atoms with Crippen LogP contribution in [0.25, 0.3) is 0 Å². The molecule has 5 heteroatoms. The Labute approximate surface area is 102 Å². The minimum atomic E-state index is -0.770. The van der Waals surface area contributed by atoms with E-state index in [1.54, 1.807) is 0 Å². The molecule has 1 rings (SSSR count). The van der Waals surface area contributed by atoms with Crippen molar-refractivity contribution in [2.75, 3.05) is 13.1 Å². The number of amides is 1. The zero-order chi connectivity index (χ0) is 13.0. The molecule has 17 heavy (non-hydrogen) atoms. The van der Waals surface area contributed by atoms with Gasteiger partial charge in [0.2, 0.25) is 5.91 Å². The number of nitrogens with zero attached hydrogens (tertiary/aromatic N) is 1. The number of hydrogen-bond donors (Lipinski definition) is 2. The van der Waals surface area contributed by atoms with Crippen molar-refractivity contribution < 1.29 is 14.7 Å². The quantitative estimate of drug-likeness (QED) is 0.761. The summed E-state index contributed by atoms with van der Waals surface area (Å²) < 4.78 is 0. The van der Waals surface area contributed by atoms with E-state index in [1.807, 2.05) is 0 Å². The van der Waals surface area contributed by atoms with Crippen LogP contribution < -0.4 is 5.32 Å². The van der Waals surface area contributed by atoms with Crippen LogP contribution in [0.3, 0.4) is 0 Å². The number of aliphatic carboxylic acids is 1. The minimum absolute atomic E-state index is 0.0450. The molecule has 0 aromatic heterocycles. The molecule has 1 saturated heterocycles. The Balaban J connectivity index is 2.68. The molecule has 3 unspecified atom stereocenters. The second kappa shape index (κ2) is 6.00. The van der Waals surface area contributed by atoms with Gasteiger partial charge in [-0.25, -0.2) is 0 Å². The number of rotatable bonds is 4. The number of nitrogens with one attached hydrogen (secondary N) is 1. The first-order chi connectivity index (χ1) is 7.93. The molecular weight excluding hydrogens is 220 g/mol. The lowest BCUT2D eigenvalue weighted by atomic mass is 9.93. The summed E-state index contributed by atoms with van der Waals surface area (Å²) in [4.78, 5) is 24.3. The van der Waals surface area contributed by atoms with Crippen LogP contribution in [0, 0.1) is 5.92 Å². The maximum absolute atomic E-state index is 11.1. The molecule has 1 heterocycles. The van der Waals surface area contributed by atoms with Crippen LogP contribution in [-0.4, -0.2) is 47.1 Å². The second-order valence-corrected chi connectivity index (χ2v) is 4.88. The van der Waals surface area contributed by atoms with Crippen molar-refractivity contribution in [3.63, 3.8) is 0 Å². The molecule has 3 atom stereocenters. The molecule has 1 fully saturated rings. The number of carboxylic acid groups (broad SMARTS) is 1. The number of carboxylic acids is 1. The van der Waals surface area contributed by atoms with Crippen LogP contribution in [0.1, 0.15) is 33.6 Å². The van der Waals surface area contributed by atoms with Crippen molar-refractivity contribution in [1.82, 2.24) is 10.2 Å².